The third-order valence-corrected chi connectivity index (χ3v) is 3.58. The van der Waals surface area contributed by atoms with E-state index < -0.39 is 5.97 Å². The highest BCUT2D eigenvalue weighted by molar-refractivity contribution is 5.70. The van der Waals surface area contributed by atoms with Crippen LogP contribution < -0.4 is 5.73 Å². The van der Waals surface area contributed by atoms with Gasteiger partial charge in [-0.2, -0.15) is 0 Å². The van der Waals surface area contributed by atoms with Gasteiger partial charge in [0.2, 0.25) is 0 Å². The molecule has 1 fully saturated rings. The fourth-order valence-electron chi connectivity index (χ4n) is 2.23. The fraction of sp³-hybridized carbons (Fsp3) is 0.923. The van der Waals surface area contributed by atoms with Crippen LogP contribution in [0.4, 0.5) is 0 Å². The maximum atomic E-state index is 10.8. The number of hydrogen-bond donors (Lipinski definition) is 2. The van der Waals surface area contributed by atoms with Gasteiger partial charge in [-0.05, 0) is 18.3 Å². The number of nitrogens with two attached hydrogens (primary N) is 1. The van der Waals surface area contributed by atoms with Crippen molar-refractivity contribution in [3.05, 3.63) is 0 Å². The molecule has 0 amide bonds. The lowest BCUT2D eigenvalue weighted by atomic mass is 9.91. The lowest BCUT2D eigenvalue weighted by Gasteiger charge is -2.15. The maximum Gasteiger partial charge on any atom is 0.307 e. The quantitative estimate of drug-likeness (QED) is 0.595. The maximum absolute atomic E-state index is 10.8. The molecule has 0 bridgehead atoms. The Morgan fingerprint density at radius 3 is 2.62 bits per heavy atom. The standard InChI is InChI=1S/C13H25NO2/c1-10(8-12(9-14)13(15)16)4-2-3-5-11-6-7-11/h10-12H,2-9,14H2,1H3,(H,15,16)/t10-,12-/m1/s1. The normalized spacial score (nSPS) is 19.4. The van der Waals surface area contributed by atoms with Gasteiger partial charge in [0, 0.05) is 6.54 Å². The van der Waals surface area contributed by atoms with Crippen LogP contribution in [0.5, 0.6) is 0 Å². The van der Waals surface area contributed by atoms with E-state index in [0.29, 0.717) is 5.92 Å². The molecule has 2 atom stereocenters. The topological polar surface area (TPSA) is 63.3 Å². The number of carboxylic acid groups (broad SMARTS) is 1. The van der Waals surface area contributed by atoms with Gasteiger partial charge in [-0.1, -0.05) is 45.4 Å². The number of aliphatic carboxylic acids is 1. The summed E-state index contributed by atoms with van der Waals surface area (Å²) in [5.74, 6) is 0.417. The summed E-state index contributed by atoms with van der Waals surface area (Å²) >= 11 is 0. The summed E-state index contributed by atoms with van der Waals surface area (Å²) in [6.45, 7) is 2.41. The molecule has 1 rings (SSSR count). The Labute approximate surface area is 98.4 Å². The van der Waals surface area contributed by atoms with Gasteiger partial charge in [0.15, 0.2) is 0 Å². The van der Waals surface area contributed by atoms with Gasteiger partial charge < -0.3 is 10.8 Å². The van der Waals surface area contributed by atoms with Crippen LogP contribution in [0.15, 0.2) is 0 Å². The summed E-state index contributed by atoms with van der Waals surface area (Å²) in [7, 11) is 0. The molecule has 0 aromatic rings. The second-order valence-corrected chi connectivity index (χ2v) is 5.34. The molecule has 1 saturated carbocycles. The zero-order valence-corrected chi connectivity index (χ0v) is 10.3. The minimum absolute atomic E-state index is 0.266. The number of hydrogen-bond acceptors (Lipinski definition) is 2. The lowest BCUT2D eigenvalue weighted by molar-refractivity contribution is -0.141. The first-order valence-corrected chi connectivity index (χ1v) is 6.56. The van der Waals surface area contributed by atoms with E-state index in [1.54, 1.807) is 0 Å². The minimum Gasteiger partial charge on any atom is -0.481 e. The van der Waals surface area contributed by atoms with Gasteiger partial charge in [0.05, 0.1) is 5.92 Å². The van der Waals surface area contributed by atoms with Crippen LogP contribution in [0.25, 0.3) is 0 Å². The first-order valence-electron chi connectivity index (χ1n) is 6.56. The van der Waals surface area contributed by atoms with E-state index in [4.69, 9.17) is 10.8 Å². The molecule has 0 unspecified atom stereocenters. The number of carboxylic acids is 1. The Balaban J connectivity index is 2.03. The third-order valence-electron chi connectivity index (χ3n) is 3.58. The predicted octanol–water partition coefficient (Wildman–Crippen LogP) is 2.64. The Kier molecular flexibility index (Phi) is 5.81. The van der Waals surface area contributed by atoms with Gasteiger partial charge in [-0.25, -0.2) is 0 Å². The summed E-state index contributed by atoms with van der Waals surface area (Å²) in [4.78, 5) is 10.8. The molecular formula is C13H25NO2. The SMILES string of the molecule is C[C@H](CCCCC1CC1)C[C@H](CN)C(=O)O. The van der Waals surface area contributed by atoms with Gasteiger partial charge in [0.25, 0.3) is 0 Å². The van der Waals surface area contributed by atoms with Crippen molar-refractivity contribution in [2.75, 3.05) is 6.54 Å². The van der Waals surface area contributed by atoms with Gasteiger partial charge >= 0.3 is 5.97 Å². The molecule has 0 radical (unpaired) electrons. The van der Waals surface area contributed by atoms with Crippen LogP contribution in [-0.2, 0) is 4.79 Å². The Morgan fingerprint density at radius 1 is 1.44 bits per heavy atom. The van der Waals surface area contributed by atoms with E-state index in [2.05, 4.69) is 6.92 Å². The number of carbonyl (C=O) groups is 1. The zero-order valence-electron chi connectivity index (χ0n) is 10.3. The van der Waals surface area contributed by atoms with E-state index in [1.165, 1.54) is 32.1 Å². The van der Waals surface area contributed by atoms with Crippen molar-refractivity contribution in [3.63, 3.8) is 0 Å². The van der Waals surface area contributed by atoms with E-state index in [0.717, 1.165) is 18.8 Å². The molecule has 0 saturated heterocycles. The summed E-state index contributed by atoms with van der Waals surface area (Å²) in [6.07, 6.45) is 8.69. The molecule has 1 aliphatic carbocycles. The van der Waals surface area contributed by atoms with Crippen LogP contribution >= 0.6 is 0 Å². The highest BCUT2D eigenvalue weighted by atomic mass is 16.4. The van der Waals surface area contributed by atoms with E-state index in [-0.39, 0.29) is 12.5 Å². The summed E-state index contributed by atoms with van der Waals surface area (Å²) in [5.41, 5.74) is 5.44. The molecule has 16 heavy (non-hydrogen) atoms. The average molecular weight is 227 g/mol. The van der Waals surface area contributed by atoms with Crippen LogP contribution in [-0.4, -0.2) is 17.6 Å². The zero-order chi connectivity index (χ0) is 12.0. The minimum atomic E-state index is -0.743. The van der Waals surface area contributed by atoms with Crippen LogP contribution in [0.3, 0.4) is 0 Å². The number of unbranched alkanes of at least 4 members (excludes halogenated alkanes) is 1. The highest BCUT2D eigenvalue weighted by Gasteiger charge is 2.21. The van der Waals surface area contributed by atoms with Crippen molar-refractivity contribution >= 4 is 5.97 Å². The highest BCUT2D eigenvalue weighted by Crippen LogP contribution is 2.34. The number of rotatable bonds is 9. The Hall–Kier alpha value is -0.570. The van der Waals surface area contributed by atoms with E-state index in [9.17, 15) is 4.79 Å². The monoisotopic (exact) mass is 227 g/mol. The predicted molar refractivity (Wildman–Crippen MR) is 65.2 cm³/mol. The molecule has 94 valence electrons. The largest absolute Gasteiger partial charge is 0.481 e. The first-order chi connectivity index (χ1) is 7.63. The summed E-state index contributed by atoms with van der Waals surface area (Å²) < 4.78 is 0. The smallest absolute Gasteiger partial charge is 0.307 e. The molecule has 0 aromatic carbocycles. The fourth-order valence-corrected chi connectivity index (χ4v) is 2.23. The van der Waals surface area contributed by atoms with Crippen molar-refractivity contribution in [2.24, 2.45) is 23.5 Å². The van der Waals surface area contributed by atoms with Crippen molar-refractivity contribution in [1.82, 2.24) is 0 Å². The third kappa shape index (κ3) is 5.50. The van der Waals surface area contributed by atoms with Crippen LogP contribution in [0.1, 0.15) is 51.9 Å². The molecule has 1 aliphatic rings. The van der Waals surface area contributed by atoms with Crippen molar-refractivity contribution in [2.45, 2.75) is 51.9 Å². The Bertz CT molecular complexity index is 214. The molecule has 0 heterocycles. The van der Waals surface area contributed by atoms with Gasteiger partial charge in [0.1, 0.15) is 0 Å². The molecule has 3 heteroatoms. The Morgan fingerprint density at radius 2 is 2.12 bits per heavy atom. The first kappa shape index (κ1) is 13.5. The molecule has 3 N–H and O–H groups in total. The van der Waals surface area contributed by atoms with Crippen molar-refractivity contribution in [1.29, 1.82) is 0 Å². The average Bonchev–Trinajstić information content (AvgIpc) is 3.04. The van der Waals surface area contributed by atoms with Crippen LogP contribution in [0, 0.1) is 17.8 Å². The molecule has 3 nitrogen and oxygen atoms in total. The molecule has 0 aromatic heterocycles. The molecule has 0 aliphatic heterocycles. The lowest BCUT2D eigenvalue weighted by Crippen LogP contribution is -2.25. The van der Waals surface area contributed by atoms with Crippen molar-refractivity contribution in [3.8, 4) is 0 Å². The second-order valence-electron chi connectivity index (χ2n) is 5.34. The second kappa shape index (κ2) is 6.89. The van der Waals surface area contributed by atoms with Crippen LogP contribution in [0.2, 0.25) is 0 Å². The summed E-state index contributed by atoms with van der Waals surface area (Å²) in [6, 6.07) is 0. The van der Waals surface area contributed by atoms with Crippen molar-refractivity contribution < 1.29 is 9.90 Å². The van der Waals surface area contributed by atoms with Gasteiger partial charge in [-0.3, -0.25) is 4.79 Å². The van der Waals surface area contributed by atoms with E-state index >= 15 is 0 Å². The molecular weight excluding hydrogens is 202 g/mol. The van der Waals surface area contributed by atoms with Gasteiger partial charge in [-0.15, -0.1) is 0 Å². The molecule has 0 spiro atoms. The summed E-state index contributed by atoms with van der Waals surface area (Å²) in [5, 5.41) is 8.89. The van der Waals surface area contributed by atoms with E-state index in [1.807, 2.05) is 0 Å².